The average molecular weight is 258 g/mol. The maximum Gasteiger partial charge on any atom is 0.134 e. The summed E-state index contributed by atoms with van der Waals surface area (Å²) in [4.78, 5) is 6.85. The monoisotopic (exact) mass is 258 g/mol. The number of pyridine rings is 1. The van der Waals surface area contributed by atoms with Crippen molar-refractivity contribution in [3.05, 3.63) is 35.9 Å². The first-order valence-corrected chi connectivity index (χ1v) is 6.67. The van der Waals surface area contributed by atoms with Crippen LogP contribution in [0.1, 0.15) is 12.0 Å². The average Bonchev–Trinajstić information content (AvgIpc) is 2.94. The zero-order valence-corrected chi connectivity index (χ0v) is 10.8. The van der Waals surface area contributed by atoms with Gasteiger partial charge in [0, 0.05) is 36.6 Å². The lowest BCUT2D eigenvalue weighted by Crippen LogP contribution is -2.23. The summed E-state index contributed by atoms with van der Waals surface area (Å²) in [6, 6.07) is 9.94. The zero-order chi connectivity index (χ0) is 13.2. The highest BCUT2D eigenvalue weighted by molar-refractivity contribution is 5.81. The maximum atomic E-state index is 9.55. The summed E-state index contributed by atoms with van der Waals surface area (Å²) in [5.41, 5.74) is 1.81. The molecule has 1 aromatic heterocycles. The summed E-state index contributed by atoms with van der Waals surface area (Å²) >= 11 is 0. The van der Waals surface area contributed by atoms with E-state index >= 15 is 0 Å². The minimum absolute atomic E-state index is 0.00649. The summed E-state index contributed by atoms with van der Waals surface area (Å²) in [6.45, 7) is 1.92. The van der Waals surface area contributed by atoms with Gasteiger partial charge < -0.3 is 15.1 Å². The van der Waals surface area contributed by atoms with Crippen LogP contribution in [0.15, 0.2) is 30.3 Å². The molecule has 19 heavy (non-hydrogen) atoms. The van der Waals surface area contributed by atoms with Crippen LogP contribution in [0.4, 0.5) is 5.82 Å². The molecule has 1 aromatic carbocycles. The van der Waals surface area contributed by atoms with Crippen molar-refractivity contribution in [1.82, 2.24) is 4.98 Å². The smallest absolute Gasteiger partial charge is 0.134 e. The molecule has 2 N–H and O–H groups in total. The second-order valence-corrected chi connectivity index (χ2v) is 5.11. The second-order valence-electron chi connectivity index (χ2n) is 5.11. The summed E-state index contributed by atoms with van der Waals surface area (Å²) in [5, 5.41) is 19.8. The number of benzene rings is 1. The third kappa shape index (κ3) is 2.29. The number of rotatable bonds is 3. The second kappa shape index (κ2) is 5.15. The highest BCUT2D eigenvalue weighted by Crippen LogP contribution is 2.28. The number of para-hydroxylation sites is 1. The van der Waals surface area contributed by atoms with Crippen LogP contribution < -0.4 is 4.90 Å². The van der Waals surface area contributed by atoms with Crippen molar-refractivity contribution < 1.29 is 10.2 Å². The molecule has 1 aliphatic heterocycles. The lowest BCUT2D eigenvalue weighted by Gasteiger charge is -2.20. The van der Waals surface area contributed by atoms with Gasteiger partial charge in [-0.05, 0) is 18.6 Å². The van der Waals surface area contributed by atoms with Crippen LogP contribution >= 0.6 is 0 Å². The number of aliphatic hydroxyl groups excluding tert-OH is 2. The summed E-state index contributed by atoms with van der Waals surface area (Å²) in [6.07, 6.45) is 0.982. The molecule has 0 radical (unpaired) electrons. The molecule has 0 saturated carbocycles. The predicted molar refractivity (Wildman–Crippen MR) is 75.1 cm³/mol. The van der Waals surface area contributed by atoms with E-state index in [1.54, 1.807) is 0 Å². The van der Waals surface area contributed by atoms with Gasteiger partial charge in [0.05, 0.1) is 12.1 Å². The first-order chi connectivity index (χ1) is 9.31. The standard InChI is InChI=1S/C15H18N2O2/c18-9-11-5-6-17(8-11)15-13(10-19)7-12-3-1-2-4-14(12)16-15/h1-4,7,11,18-19H,5-6,8-10H2. The van der Waals surface area contributed by atoms with E-state index in [0.717, 1.165) is 41.8 Å². The minimum Gasteiger partial charge on any atom is -0.396 e. The van der Waals surface area contributed by atoms with E-state index in [1.807, 2.05) is 30.3 Å². The van der Waals surface area contributed by atoms with Crippen LogP contribution in [0.3, 0.4) is 0 Å². The molecule has 1 unspecified atom stereocenters. The predicted octanol–water partition coefficient (Wildman–Crippen LogP) is 1.55. The lowest BCUT2D eigenvalue weighted by molar-refractivity contribution is 0.238. The van der Waals surface area contributed by atoms with Gasteiger partial charge in [0.1, 0.15) is 5.82 Å². The molecular formula is C15H18N2O2. The van der Waals surface area contributed by atoms with Gasteiger partial charge in [-0.25, -0.2) is 4.98 Å². The van der Waals surface area contributed by atoms with E-state index in [1.165, 1.54) is 0 Å². The Morgan fingerprint density at radius 2 is 2.11 bits per heavy atom. The number of aromatic nitrogens is 1. The number of anilines is 1. The molecule has 2 heterocycles. The van der Waals surface area contributed by atoms with Gasteiger partial charge in [0.15, 0.2) is 0 Å². The molecule has 1 saturated heterocycles. The van der Waals surface area contributed by atoms with Crippen LogP contribution in [0.5, 0.6) is 0 Å². The van der Waals surface area contributed by atoms with Crippen molar-refractivity contribution in [2.75, 3.05) is 24.6 Å². The van der Waals surface area contributed by atoms with Gasteiger partial charge >= 0.3 is 0 Å². The molecule has 0 aliphatic carbocycles. The molecule has 4 nitrogen and oxygen atoms in total. The van der Waals surface area contributed by atoms with E-state index < -0.39 is 0 Å². The largest absolute Gasteiger partial charge is 0.396 e. The SMILES string of the molecule is OCc1cc2ccccc2nc1N1CCC(CO)C1. The molecule has 100 valence electrons. The highest BCUT2D eigenvalue weighted by atomic mass is 16.3. The normalized spacial score (nSPS) is 19.3. The summed E-state index contributed by atoms with van der Waals surface area (Å²) in [7, 11) is 0. The van der Waals surface area contributed by atoms with E-state index in [0.29, 0.717) is 5.92 Å². The van der Waals surface area contributed by atoms with Crippen molar-refractivity contribution >= 4 is 16.7 Å². The van der Waals surface area contributed by atoms with Crippen molar-refractivity contribution in [2.24, 2.45) is 5.92 Å². The topological polar surface area (TPSA) is 56.6 Å². The number of fused-ring (bicyclic) bond motifs is 1. The quantitative estimate of drug-likeness (QED) is 0.877. The lowest BCUT2D eigenvalue weighted by atomic mass is 10.1. The molecular weight excluding hydrogens is 240 g/mol. The first kappa shape index (κ1) is 12.4. The Balaban J connectivity index is 2.02. The number of hydrogen-bond donors (Lipinski definition) is 2. The van der Waals surface area contributed by atoms with E-state index in [9.17, 15) is 10.2 Å². The van der Waals surface area contributed by atoms with Gasteiger partial charge in [0.25, 0.3) is 0 Å². The van der Waals surface area contributed by atoms with Crippen molar-refractivity contribution in [3.8, 4) is 0 Å². The number of hydrogen-bond acceptors (Lipinski definition) is 4. The summed E-state index contributed by atoms with van der Waals surface area (Å²) < 4.78 is 0. The minimum atomic E-state index is -0.00649. The van der Waals surface area contributed by atoms with Gasteiger partial charge in [-0.2, -0.15) is 0 Å². The molecule has 0 spiro atoms. The Morgan fingerprint density at radius 1 is 1.26 bits per heavy atom. The number of nitrogens with zero attached hydrogens (tertiary/aromatic N) is 2. The Kier molecular flexibility index (Phi) is 3.36. The Hall–Kier alpha value is -1.65. The Labute approximate surface area is 112 Å². The molecule has 2 aromatic rings. The van der Waals surface area contributed by atoms with Crippen molar-refractivity contribution in [3.63, 3.8) is 0 Å². The third-order valence-corrected chi connectivity index (χ3v) is 3.79. The van der Waals surface area contributed by atoms with E-state index in [4.69, 9.17) is 0 Å². The zero-order valence-electron chi connectivity index (χ0n) is 10.8. The Bertz CT molecular complexity index is 585. The fraction of sp³-hybridized carbons (Fsp3) is 0.400. The molecule has 3 rings (SSSR count). The Morgan fingerprint density at radius 3 is 2.84 bits per heavy atom. The van der Waals surface area contributed by atoms with Crippen LogP contribution in [0.25, 0.3) is 10.9 Å². The van der Waals surface area contributed by atoms with Crippen LogP contribution in [0.2, 0.25) is 0 Å². The van der Waals surface area contributed by atoms with Crippen molar-refractivity contribution in [2.45, 2.75) is 13.0 Å². The molecule has 1 fully saturated rings. The number of aliphatic hydroxyl groups is 2. The van der Waals surface area contributed by atoms with Crippen molar-refractivity contribution in [1.29, 1.82) is 0 Å². The third-order valence-electron chi connectivity index (χ3n) is 3.79. The molecule has 4 heteroatoms. The fourth-order valence-corrected chi connectivity index (χ4v) is 2.71. The first-order valence-electron chi connectivity index (χ1n) is 6.67. The molecule has 0 amide bonds. The van der Waals surface area contributed by atoms with Gasteiger partial charge in [0.2, 0.25) is 0 Å². The van der Waals surface area contributed by atoms with E-state index in [2.05, 4.69) is 9.88 Å². The van der Waals surface area contributed by atoms with E-state index in [-0.39, 0.29) is 13.2 Å². The van der Waals surface area contributed by atoms with Gasteiger partial charge in [-0.15, -0.1) is 0 Å². The van der Waals surface area contributed by atoms with Crippen LogP contribution in [-0.2, 0) is 6.61 Å². The van der Waals surface area contributed by atoms with Crippen LogP contribution in [-0.4, -0.2) is 34.9 Å². The van der Waals surface area contributed by atoms with Gasteiger partial charge in [-0.1, -0.05) is 18.2 Å². The molecule has 1 atom stereocenters. The molecule has 0 bridgehead atoms. The molecule has 1 aliphatic rings. The maximum absolute atomic E-state index is 9.55. The highest BCUT2D eigenvalue weighted by Gasteiger charge is 2.24. The summed E-state index contributed by atoms with van der Waals surface area (Å²) in [5.74, 6) is 1.18. The van der Waals surface area contributed by atoms with Gasteiger partial charge in [-0.3, -0.25) is 0 Å². The fourth-order valence-electron chi connectivity index (χ4n) is 2.71. The van der Waals surface area contributed by atoms with Crippen LogP contribution in [0, 0.1) is 5.92 Å².